The second-order valence-corrected chi connectivity index (χ2v) is 11.6. The molecule has 0 saturated carbocycles. The van der Waals surface area contributed by atoms with Crippen LogP contribution in [0.5, 0.6) is 0 Å². The fourth-order valence-corrected chi connectivity index (χ4v) is 5.24. The minimum Gasteiger partial charge on any atom is -0.367 e. The highest BCUT2D eigenvalue weighted by Gasteiger charge is 2.50. The number of amides is 2. The quantitative estimate of drug-likeness (QED) is 0.213. The Morgan fingerprint density at radius 3 is 2.33 bits per heavy atom. The molecule has 0 bridgehead atoms. The maximum Gasteiger partial charge on any atom is 0.293 e. The first kappa shape index (κ1) is 29.6. The third kappa shape index (κ3) is 6.32. The van der Waals surface area contributed by atoms with Crippen LogP contribution in [-0.4, -0.2) is 80.4 Å². The van der Waals surface area contributed by atoms with Gasteiger partial charge in [0.2, 0.25) is 5.91 Å². The van der Waals surface area contributed by atoms with Crippen molar-refractivity contribution >= 4 is 63.5 Å². The van der Waals surface area contributed by atoms with Crippen LogP contribution < -0.4 is 25.8 Å². The van der Waals surface area contributed by atoms with Gasteiger partial charge in [-0.3, -0.25) is 9.59 Å². The van der Waals surface area contributed by atoms with Gasteiger partial charge in [0, 0.05) is 44.3 Å². The number of benzene rings is 2. The summed E-state index contributed by atoms with van der Waals surface area (Å²) >= 11 is 12.1. The molecular weight excluding hydrogens is 549 g/mol. The Bertz CT molecular complexity index is 1330. The number of fused-ring (bicyclic) bond motifs is 1. The number of quaternary nitrogens is 1. The number of nitrogens with one attached hydrogen (secondary N) is 3. The Morgan fingerprint density at radius 1 is 0.975 bits per heavy atom. The van der Waals surface area contributed by atoms with Gasteiger partial charge < -0.3 is 34.8 Å². The summed E-state index contributed by atoms with van der Waals surface area (Å²) in [6.45, 7) is 1.89. The van der Waals surface area contributed by atoms with Crippen molar-refractivity contribution < 1.29 is 14.1 Å². The molecule has 2 heterocycles. The Hall–Kier alpha value is -3.40. The number of hydrogen-bond acceptors (Lipinski definition) is 5. The van der Waals surface area contributed by atoms with E-state index in [1.54, 1.807) is 23.0 Å². The highest BCUT2D eigenvalue weighted by atomic mass is 35.5. The molecule has 2 amide bonds. The third-order valence-electron chi connectivity index (χ3n) is 6.94. The van der Waals surface area contributed by atoms with Gasteiger partial charge in [0.15, 0.2) is 0 Å². The summed E-state index contributed by atoms with van der Waals surface area (Å²) in [7, 11) is 8.02. The number of nitrogens with zero attached hydrogens (tertiary/aromatic N) is 4. The van der Waals surface area contributed by atoms with E-state index in [2.05, 4.69) is 20.9 Å². The summed E-state index contributed by atoms with van der Waals surface area (Å²) in [4.78, 5) is 30.9. The Balaban J connectivity index is 1.67. The van der Waals surface area contributed by atoms with Crippen molar-refractivity contribution in [2.75, 3.05) is 85.3 Å². The van der Waals surface area contributed by atoms with E-state index in [1.807, 2.05) is 81.6 Å². The maximum atomic E-state index is 14.4. The van der Waals surface area contributed by atoms with Gasteiger partial charge in [-0.1, -0.05) is 24.3 Å². The van der Waals surface area contributed by atoms with Gasteiger partial charge in [-0.2, -0.15) is 0 Å². The molecule has 0 aliphatic carbocycles. The zero-order valence-electron chi connectivity index (χ0n) is 23.5. The molecule has 0 radical (unpaired) electrons. The van der Waals surface area contributed by atoms with Gasteiger partial charge in [-0.25, -0.2) is 0 Å². The number of halogens is 2. The van der Waals surface area contributed by atoms with E-state index >= 15 is 0 Å². The van der Waals surface area contributed by atoms with E-state index in [-0.39, 0.29) is 11.8 Å². The molecule has 214 valence electrons. The van der Waals surface area contributed by atoms with E-state index < -0.39 is 5.79 Å². The molecule has 4 rings (SSSR count). The lowest BCUT2D eigenvalue weighted by Gasteiger charge is -2.37. The number of hydrogen-bond donors (Lipinski definition) is 3. The molecule has 1 atom stereocenters. The third-order valence-corrected chi connectivity index (χ3v) is 7.28. The van der Waals surface area contributed by atoms with Crippen molar-refractivity contribution in [3.05, 3.63) is 67.0 Å². The van der Waals surface area contributed by atoms with Gasteiger partial charge in [0.25, 0.3) is 11.7 Å². The van der Waals surface area contributed by atoms with Gasteiger partial charge in [-0.15, -0.1) is 23.2 Å². The van der Waals surface area contributed by atoms with Crippen LogP contribution in [0.3, 0.4) is 0 Å². The minimum atomic E-state index is -1.34. The van der Waals surface area contributed by atoms with Crippen molar-refractivity contribution in [2.24, 2.45) is 0 Å². The summed E-state index contributed by atoms with van der Waals surface area (Å²) in [6.07, 6.45) is 3.96. The summed E-state index contributed by atoms with van der Waals surface area (Å²) < 4.78 is 2.48. The lowest BCUT2D eigenvalue weighted by atomic mass is 10.2. The van der Waals surface area contributed by atoms with E-state index in [0.29, 0.717) is 53.7 Å². The summed E-state index contributed by atoms with van der Waals surface area (Å²) in [6, 6.07) is 17.2. The summed E-state index contributed by atoms with van der Waals surface area (Å²) in [5.41, 5.74) is 3.79. The van der Waals surface area contributed by atoms with Crippen molar-refractivity contribution in [1.29, 1.82) is 0 Å². The van der Waals surface area contributed by atoms with Crippen LogP contribution in [0.2, 0.25) is 0 Å². The number of rotatable bonds is 12. The maximum absolute atomic E-state index is 14.4. The standard InChI is InChI=1S/C29H37Cl2N7O2/c1-35-25-11-7-6-10-24(25)34-29(35,37-17-13-22(21-37)32-27(39)14-20-38(2,3)4)28(40)33-23-9-5-8-12-26(23)36(18-15-30)19-16-31/h5-13,17,21,34H,14-16,18-20H2,1-4H3,(H-,32,33,39,40)/p+1. The highest BCUT2D eigenvalue weighted by molar-refractivity contribution is 6.18. The van der Waals surface area contributed by atoms with Crippen LogP contribution in [0, 0.1) is 0 Å². The molecule has 2 aromatic carbocycles. The second kappa shape index (κ2) is 12.4. The zero-order chi connectivity index (χ0) is 28.9. The number of aromatic nitrogens is 1. The molecule has 9 nitrogen and oxygen atoms in total. The number of para-hydroxylation sites is 4. The Morgan fingerprint density at radius 2 is 1.65 bits per heavy atom. The van der Waals surface area contributed by atoms with Crippen molar-refractivity contribution in [3.8, 4) is 0 Å². The number of anilines is 5. The predicted molar refractivity (Wildman–Crippen MR) is 166 cm³/mol. The lowest BCUT2D eigenvalue weighted by molar-refractivity contribution is -0.869. The Kier molecular flexibility index (Phi) is 9.18. The normalized spacial score (nSPS) is 16.3. The molecule has 1 aliphatic heterocycles. The average molecular weight is 588 g/mol. The zero-order valence-corrected chi connectivity index (χ0v) is 25.0. The van der Waals surface area contributed by atoms with Gasteiger partial charge >= 0.3 is 0 Å². The lowest BCUT2D eigenvalue weighted by Crippen LogP contribution is -2.59. The summed E-state index contributed by atoms with van der Waals surface area (Å²) in [5.74, 6) is -0.863. The fourth-order valence-electron chi connectivity index (χ4n) is 4.84. The number of carbonyl (C=O) groups is 2. The van der Waals surface area contributed by atoms with Crippen molar-refractivity contribution in [3.63, 3.8) is 0 Å². The first-order valence-corrected chi connectivity index (χ1v) is 14.3. The number of alkyl halides is 2. The first-order valence-electron chi connectivity index (χ1n) is 13.3. The fraction of sp³-hybridized carbons (Fsp3) is 0.379. The molecule has 3 aromatic rings. The summed E-state index contributed by atoms with van der Waals surface area (Å²) in [5, 5.41) is 9.58. The van der Waals surface area contributed by atoms with Gasteiger partial charge in [0.05, 0.1) is 62.5 Å². The first-order chi connectivity index (χ1) is 19.1. The molecule has 0 fully saturated rings. The highest BCUT2D eigenvalue weighted by Crippen LogP contribution is 2.43. The molecular formula is C29H38Cl2N7O2+. The molecule has 11 heteroatoms. The van der Waals surface area contributed by atoms with Crippen LogP contribution in [0.25, 0.3) is 0 Å². The van der Waals surface area contributed by atoms with Crippen LogP contribution in [0.1, 0.15) is 6.42 Å². The molecule has 40 heavy (non-hydrogen) atoms. The van der Waals surface area contributed by atoms with E-state index in [1.165, 1.54) is 0 Å². The Labute approximate surface area is 246 Å². The largest absolute Gasteiger partial charge is 0.367 e. The topological polar surface area (TPSA) is 81.6 Å². The number of likely N-dealkylation sites (N-methyl/N-ethyl adjacent to an activating group) is 1. The van der Waals surface area contributed by atoms with Crippen LogP contribution in [0.4, 0.5) is 28.4 Å². The molecule has 1 unspecified atom stereocenters. The second-order valence-electron chi connectivity index (χ2n) is 10.8. The minimum absolute atomic E-state index is 0.0760. The van der Waals surface area contributed by atoms with Crippen LogP contribution in [-0.2, 0) is 15.4 Å². The SMILES string of the molecule is CN1c2ccccc2NC1(C(=O)Nc1ccccc1N(CCCl)CCCl)n1ccc(NC(=O)CC[N+](C)(C)C)c1. The molecule has 3 N–H and O–H groups in total. The average Bonchev–Trinajstić information content (AvgIpc) is 3.50. The van der Waals surface area contributed by atoms with Crippen molar-refractivity contribution in [2.45, 2.75) is 12.2 Å². The van der Waals surface area contributed by atoms with Gasteiger partial charge in [-0.05, 0) is 30.3 Å². The van der Waals surface area contributed by atoms with E-state index in [9.17, 15) is 9.59 Å². The van der Waals surface area contributed by atoms with Crippen LogP contribution in [0.15, 0.2) is 67.0 Å². The van der Waals surface area contributed by atoms with Crippen LogP contribution >= 0.6 is 23.2 Å². The van der Waals surface area contributed by atoms with Gasteiger partial charge in [0.1, 0.15) is 0 Å². The smallest absolute Gasteiger partial charge is 0.293 e. The molecule has 0 spiro atoms. The molecule has 1 aromatic heterocycles. The predicted octanol–water partition coefficient (Wildman–Crippen LogP) is 4.62. The van der Waals surface area contributed by atoms with Crippen molar-refractivity contribution in [1.82, 2.24) is 4.57 Å². The van der Waals surface area contributed by atoms with E-state index in [0.717, 1.165) is 17.1 Å². The molecule has 1 aliphatic rings. The number of carbonyl (C=O) groups excluding carboxylic acids is 2. The van der Waals surface area contributed by atoms with E-state index in [4.69, 9.17) is 23.2 Å². The monoisotopic (exact) mass is 586 g/mol. The molecule has 0 saturated heterocycles.